The zero-order valence-electron chi connectivity index (χ0n) is 17.2. The molecule has 0 bridgehead atoms. The van der Waals surface area contributed by atoms with Gasteiger partial charge < -0.3 is 14.4 Å². The number of ether oxygens (including phenoxy) is 2. The van der Waals surface area contributed by atoms with Crippen LogP contribution in [0.3, 0.4) is 0 Å². The van der Waals surface area contributed by atoms with Gasteiger partial charge in [0.15, 0.2) is 17.3 Å². The smallest absolute Gasteiger partial charge is 0.231 e. The second-order valence-electron chi connectivity index (χ2n) is 7.86. The molecule has 2 aliphatic rings. The molecule has 7 nitrogen and oxygen atoms in total. The molecule has 162 valence electrons. The van der Waals surface area contributed by atoms with Gasteiger partial charge in [0.2, 0.25) is 6.79 Å². The Hall–Kier alpha value is -2.94. The van der Waals surface area contributed by atoms with Crippen molar-refractivity contribution in [1.29, 1.82) is 0 Å². The summed E-state index contributed by atoms with van der Waals surface area (Å²) < 4.78 is 16.6. The van der Waals surface area contributed by atoms with Crippen LogP contribution in [0.25, 0.3) is 21.5 Å². The first-order valence-electron chi connectivity index (χ1n) is 10.5. The Morgan fingerprint density at radius 2 is 1.75 bits per heavy atom. The standard InChI is InChI=1S/C23H20ClN5O2S/c24-17-4-2-16(3-5-17)20-21-22(32-27-20)23(26-13-25-21)29-9-7-28(8-10-29)12-15-1-6-18-19(11-15)31-14-30-18/h1-6,11,13H,7-10,12,14H2. The van der Waals surface area contributed by atoms with Gasteiger partial charge in [-0.25, -0.2) is 9.97 Å². The van der Waals surface area contributed by atoms with Crippen LogP contribution in [0, 0.1) is 0 Å². The molecule has 0 amide bonds. The predicted octanol–water partition coefficient (Wildman–Crippen LogP) is 4.46. The summed E-state index contributed by atoms with van der Waals surface area (Å²) >= 11 is 7.50. The van der Waals surface area contributed by atoms with Gasteiger partial charge in [0.05, 0.1) is 0 Å². The van der Waals surface area contributed by atoms with Crippen LogP contribution in [0.2, 0.25) is 5.02 Å². The summed E-state index contributed by atoms with van der Waals surface area (Å²) in [6.45, 7) is 4.94. The SMILES string of the molecule is Clc1ccc(-c2nsc3c(N4CCN(Cc5ccc6c(c5)OCO6)CC4)ncnc23)cc1. The monoisotopic (exact) mass is 465 g/mol. The molecule has 2 aliphatic heterocycles. The van der Waals surface area contributed by atoms with Gasteiger partial charge in [-0.1, -0.05) is 29.8 Å². The highest BCUT2D eigenvalue weighted by Crippen LogP contribution is 2.35. The Kier molecular flexibility index (Phi) is 5.05. The largest absolute Gasteiger partial charge is 0.454 e. The van der Waals surface area contributed by atoms with Crippen LogP contribution < -0.4 is 14.4 Å². The summed E-state index contributed by atoms with van der Waals surface area (Å²) in [5, 5.41) is 0.710. The van der Waals surface area contributed by atoms with Crippen molar-refractivity contribution in [3.8, 4) is 22.8 Å². The van der Waals surface area contributed by atoms with Crippen molar-refractivity contribution in [2.45, 2.75) is 6.54 Å². The topological polar surface area (TPSA) is 63.6 Å². The van der Waals surface area contributed by atoms with Crippen LogP contribution in [0.5, 0.6) is 11.5 Å². The number of piperazine rings is 1. The van der Waals surface area contributed by atoms with Gasteiger partial charge in [-0.2, -0.15) is 4.37 Å². The fourth-order valence-corrected chi connectivity index (χ4v) is 5.19. The van der Waals surface area contributed by atoms with E-state index < -0.39 is 0 Å². The Morgan fingerprint density at radius 1 is 0.938 bits per heavy atom. The summed E-state index contributed by atoms with van der Waals surface area (Å²) in [6.07, 6.45) is 1.64. The highest BCUT2D eigenvalue weighted by atomic mass is 35.5. The normalized spacial score (nSPS) is 16.1. The predicted molar refractivity (Wildman–Crippen MR) is 126 cm³/mol. The van der Waals surface area contributed by atoms with Crippen molar-refractivity contribution in [3.05, 3.63) is 59.4 Å². The van der Waals surface area contributed by atoms with Crippen molar-refractivity contribution >= 4 is 39.2 Å². The Morgan fingerprint density at radius 3 is 2.59 bits per heavy atom. The van der Waals surface area contributed by atoms with Crippen molar-refractivity contribution in [3.63, 3.8) is 0 Å². The summed E-state index contributed by atoms with van der Waals surface area (Å²) in [4.78, 5) is 13.9. The molecule has 0 atom stereocenters. The number of anilines is 1. The number of nitrogens with zero attached hydrogens (tertiary/aromatic N) is 5. The molecule has 0 N–H and O–H groups in total. The molecule has 0 unspecified atom stereocenters. The Bertz CT molecular complexity index is 1270. The van der Waals surface area contributed by atoms with Gasteiger partial charge in [0.1, 0.15) is 22.2 Å². The van der Waals surface area contributed by atoms with Crippen LogP contribution in [0.1, 0.15) is 5.56 Å². The van der Waals surface area contributed by atoms with Gasteiger partial charge in [-0.3, -0.25) is 4.90 Å². The van der Waals surface area contributed by atoms with Gasteiger partial charge >= 0.3 is 0 Å². The fraction of sp³-hybridized carbons (Fsp3) is 0.261. The first-order chi connectivity index (χ1) is 15.7. The second-order valence-corrected chi connectivity index (χ2v) is 9.07. The Balaban J connectivity index is 1.18. The molecule has 1 saturated heterocycles. The minimum Gasteiger partial charge on any atom is -0.454 e. The van der Waals surface area contributed by atoms with Gasteiger partial charge in [0.25, 0.3) is 0 Å². The number of hydrogen-bond donors (Lipinski definition) is 0. The molecule has 2 aromatic carbocycles. The van der Waals surface area contributed by atoms with E-state index in [1.165, 1.54) is 17.1 Å². The zero-order chi connectivity index (χ0) is 21.5. The van der Waals surface area contributed by atoms with Crippen LogP contribution in [-0.2, 0) is 6.54 Å². The van der Waals surface area contributed by atoms with Crippen molar-refractivity contribution in [2.75, 3.05) is 37.9 Å². The average Bonchev–Trinajstić information content (AvgIpc) is 3.47. The number of fused-ring (bicyclic) bond motifs is 2. The van der Waals surface area contributed by atoms with E-state index in [0.29, 0.717) is 11.8 Å². The number of hydrogen-bond acceptors (Lipinski definition) is 8. The third-order valence-electron chi connectivity index (χ3n) is 5.87. The van der Waals surface area contributed by atoms with Crippen molar-refractivity contribution in [2.24, 2.45) is 0 Å². The highest BCUT2D eigenvalue weighted by molar-refractivity contribution is 7.14. The lowest BCUT2D eigenvalue weighted by atomic mass is 10.1. The summed E-state index contributed by atoms with van der Waals surface area (Å²) in [6, 6.07) is 13.9. The van der Waals surface area contributed by atoms with Crippen molar-refractivity contribution in [1.82, 2.24) is 19.2 Å². The molecule has 2 aromatic heterocycles. The lowest BCUT2D eigenvalue weighted by Gasteiger charge is -2.35. The van der Waals surface area contributed by atoms with E-state index >= 15 is 0 Å². The fourth-order valence-electron chi connectivity index (χ4n) is 4.19. The quantitative estimate of drug-likeness (QED) is 0.441. The highest BCUT2D eigenvalue weighted by Gasteiger charge is 2.23. The van der Waals surface area contributed by atoms with E-state index in [0.717, 1.165) is 71.5 Å². The molecule has 32 heavy (non-hydrogen) atoms. The lowest BCUT2D eigenvalue weighted by Crippen LogP contribution is -2.46. The first-order valence-corrected chi connectivity index (χ1v) is 11.6. The second kappa shape index (κ2) is 8.20. The number of rotatable bonds is 4. The van der Waals surface area contributed by atoms with E-state index in [1.807, 2.05) is 30.3 Å². The molecule has 1 fully saturated rings. The summed E-state index contributed by atoms with van der Waals surface area (Å²) in [7, 11) is 0. The third-order valence-corrected chi connectivity index (χ3v) is 6.95. The minimum atomic E-state index is 0.308. The van der Waals surface area contributed by atoms with E-state index in [2.05, 4.69) is 36.3 Å². The van der Waals surface area contributed by atoms with Crippen LogP contribution in [-0.4, -0.2) is 52.2 Å². The lowest BCUT2D eigenvalue weighted by molar-refractivity contribution is 0.174. The molecule has 0 aliphatic carbocycles. The molecule has 0 spiro atoms. The Labute approximate surface area is 194 Å². The van der Waals surface area contributed by atoms with Gasteiger partial charge in [0, 0.05) is 43.3 Å². The van der Waals surface area contributed by atoms with E-state index in [9.17, 15) is 0 Å². The molecular formula is C23H20ClN5O2S. The van der Waals surface area contributed by atoms with E-state index in [-0.39, 0.29) is 0 Å². The van der Waals surface area contributed by atoms with Crippen molar-refractivity contribution < 1.29 is 9.47 Å². The first kappa shape index (κ1) is 19.7. The maximum atomic E-state index is 6.04. The molecule has 9 heteroatoms. The average molecular weight is 466 g/mol. The molecule has 4 aromatic rings. The summed E-state index contributed by atoms with van der Waals surface area (Å²) in [5.74, 6) is 2.63. The van der Waals surface area contributed by atoms with Crippen LogP contribution >= 0.6 is 23.1 Å². The number of aromatic nitrogens is 3. The molecule has 0 saturated carbocycles. The van der Waals surface area contributed by atoms with E-state index in [4.69, 9.17) is 21.1 Å². The third kappa shape index (κ3) is 3.64. The molecular weight excluding hydrogens is 446 g/mol. The van der Waals surface area contributed by atoms with Gasteiger partial charge in [-0.05, 0) is 41.4 Å². The van der Waals surface area contributed by atoms with Crippen LogP contribution in [0.4, 0.5) is 5.82 Å². The summed E-state index contributed by atoms with van der Waals surface area (Å²) in [5.41, 5.74) is 4.03. The minimum absolute atomic E-state index is 0.308. The number of benzene rings is 2. The van der Waals surface area contributed by atoms with E-state index in [1.54, 1.807) is 6.33 Å². The molecule has 4 heterocycles. The molecule has 0 radical (unpaired) electrons. The van der Waals surface area contributed by atoms with Crippen LogP contribution in [0.15, 0.2) is 48.8 Å². The maximum absolute atomic E-state index is 6.04. The maximum Gasteiger partial charge on any atom is 0.231 e. The molecule has 6 rings (SSSR count). The zero-order valence-corrected chi connectivity index (χ0v) is 18.8. The van der Waals surface area contributed by atoms with Gasteiger partial charge in [-0.15, -0.1) is 0 Å². The number of halogens is 1.